The molecule has 2 N–H and O–H groups in total. The van der Waals surface area contributed by atoms with Gasteiger partial charge in [-0.15, -0.1) is 0 Å². The summed E-state index contributed by atoms with van der Waals surface area (Å²) in [6, 6.07) is 0.372. The zero-order valence-corrected chi connectivity index (χ0v) is 12.8. The first-order chi connectivity index (χ1) is 8.19. The van der Waals surface area contributed by atoms with E-state index in [1.165, 1.54) is 19.3 Å². The van der Waals surface area contributed by atoms with Gasteiger partial charge in [-0.2, -0.15) is 0 Å². The van der Waals surface area contributed by atoms with Crippen LogP contribution in [0.3, 0.4) is 0 Å². The molecule has 18 heavy (non-hydrogen) atoms. The fraction of sp³-hybridized carbons (Fsp3) is 0.933. The largest absolute Gasteiger partial charge is 0.350 e. The monoisotopic (exact) mass is 254 g/mol. The Hall–Kier alpha value is -0.570. The van der Waals surface area contributed by atoms with Gasteiger partial charge < -0.3 is 10.6 Å². The summed E-state index contributed by atoms with van der Waals surface area (Å²) >= 11 is 0. The molecular formula is C15H30N2O. The molecule has 0 bridgehead atoms. The highest BCUT2D eigenvalue weighted by Crippen LogP contribution is 2.28. The van der Waals surface area contributed by atoms with Crippen LogP contribution in [0.1, 0.15) is 60.8 Å². The van der Waals surface area contributed by atoms with E-state index in [0.29, 0.717) is 12.0 Å². The van der Waals surface area contributed by atoms with Crippen molar-refractivity contribution in [3.63, 3.8) is 0 Å². The van der Waals surface area contributed by atoms with Gasteiger partial charge in [-0.25, -0.2) is 0 Å². The highest BCUT2D eigenvalue weighted by atomic mass is 16.2. The average molecular weight is 254 g/mol. The minimum atomic E-state index is -0.154. The van der Waals surface area contributed by atoms with E-state index in [9.17, 15) is 4.79 Å². The highest BCUT2D eigenvalue weighted by molar-refractivity contribution is 5.81. The van der Waals surface area contributed by atoms with Crippen LogP contribution in [0.25, 0.3) is 0 Å². The molecule has 0 saturated heterocycles. The van der Waals surface area contributed by atoms with Crippen LogP contribution in [-0.4, -0.2) is 23.5 Å². The maximum atomic E-state index is 12.0. The second kappa shape index (κ2) is 6.05. The molecule has 1 aliphatic rings. The summed E-state index contributed by atoms with van der Waals surface area (Å²) in [6.45, 7) is 12.6. The first-order valence-electron chi connectivity index (χ1n) is 7.27. The molecule has 0 spiro atoms. The smallest absolute Gasteiger partial charge is 0.237 e. The lowest BCUT2D eigenvalue weighted by molar-refractivity contribution is -0.124. The molecule has 1 saturated carbocycles. The quantitative estimate of drug-likeness (QED) is 0.813. The number of nitrogens with one attached hydrogen (secondary N) is 2. The van der Waals surface area contributed by atoms with Crippen LogP contribution in [0.4, 0.5) is 0 Å². The van der Waals surface area contributed by atoms with Gasteiger partial charge in [0.15, 0.2) is 0 Å². The summed E-state index contributed by atoms with van der Waals surface area (Å²) in [5.41, 5.74) is -0.154. The third-order valence-corrected chi connectivity index (χ3v) is 3.81. The fourth-order valence-corrected chi connectivity index (χ4v) is 2.64. The molecule has 0 aromatic heterocycles. The number of carbonyl (C=O) groups excluding carboxylic acids is 1. The molecule has 4 unspecified atom stereocenters. The minimum Gasteiger partial charge on any atom is -0.350 e. The van der Waals surface area contributed by atoms with Crippen molar-refractivity contribution in [2.24, 2.45) is 11.8 Å². The molecule has 4 atom stereocenters. The molecule has 1 fully saturated rings. The van der Waals surface area contributed by atoms with Gasteiger partial charge >= 0.3 is 0 Å². The van der Waals surface area contributed by atoms with Crippen molar-refractivity contribution in [3.8, 4) is 0 Å². The Labute approximate surface area is 112 Å². The lowest BCUT2D eigenvalue weighted by Gasteiger charge is -2.35. The maximum Gasteiger partial charge on any atom is 0.237 e. The van der Waals surface area contributed by atoms with E-state index in [1.54, 1.807) is 0 Å². The third kappa shape index (κ3) is 4.97. The van der Waals surface area contributed by atoms with Gasteiger partial charge in [0.25, 0.3) is 0 Å². The second-order valence-corrected chi connectivity index (χ2v) is 7.13. The summed E-state index contributed by atoms with van der Waals surface area (Å²) in [7, 11) is 0. The Morgan fingerprint density at radius 1 is 1.22 bits per heavy atom. The third-order valence-electron chi connectivity index (χ3n) is 3.81. The summed E-state index contributed by atoms with van der Waals surface area (Å²) in [5, 5.41) is 6.54. The minimum absolute atomic E-state index is 0.105. The van der Waals surface area contributed by atoms with Gasteiger partial charge in [0, 0.05) is 11.6 Å². The Bertz CT molecular complexity index is 283. The van der Waals surface area contributed by atoms with Gasteiger partial charge in [0.2, 0.25) is 5.91 Å². The van der Waals surface area contributed by atoms with E-state index in [2.05, 4.69) is 24.5 Å². The van der Waals surface area contributed by atoms with E-state index in [0.717, 1.165) is 5.92 Å². The molecule has 3 heteroatoms. The van der Waals surface area contributed by atoms with Crippen LogP contribution in [0.2, 0.25) is 0 Å². The Kier molecular flexibility index (Phi) is 5.20. The van der Waals surface area contributed by atoms with Crippen LogP contribution in [0.15, 0.2) is 0 Å². The predicted molar refractivity (Wildman–Crippen MR) is 76.5 cm³/mol. The molecule has 106 valence electrons. The zero-order chi connectivity index (χ0) is 13.9. The topological polar surface area (TPSA) is 41.1 Å². The highest BCUT2D eigenvalue weighted by Gasteiger charge is 2.28. The molecule has 1 aliphatic carbocycles. The Balaban J connectivity index is 2.47. The lowest BCUT2D eigenvalue weighted by atomic mass is 9.80. The fourth-order valence-electron chi connectivity index (χ4n) is 2.64. The zero-order valence-electron chi connectivity index (χ0n) is 12.8. The van der Waals surface area contributed by atoms with E-state index >= 15 is 0 Å². The van der Waals surface area contributed by atoms with E-state index in [1.807, 2.05) is 27.7 Å². The molecule has 0 aromatic rings. The van der Waals surface area contributed by atoms with Crippen molar-refractivity contribution in [2.45, 2.75) is 78.4 Å². The summed E-state index contributed by atoms with van der Waals surface area (Å²) < 4.78 is 0. The standard InChI is InChI=1S/C15H30N2O/c1-10-7-8-11(2)13(9-10)16-12(3)14(18)17-15(4,5)6/h10-13,16H,7-9H2,1-6H3,(H,17,18). The van der Waals surface area contributed by atoms with Gasteiger partial charge in [-0.3, -0.25) is 4.79 Å². The maximum absolute atomic E-state index is 12.0. The molecule has 3 nitrogen and oxygen atoms in total. The summed E-state index contributed by atoms with van der Waals surface area (Å²) in [6.07, 6.45) is 3.78. The molecule has 1 rings (SSSR count). The second-order valence-electron chi connectivity index (χ2n) is 7.13. The Morgan fingerprint density at radius 2 is 1.83 bits per heavy atom. The van der Waals surface area contributed by atoms with E-state index < -0.39 is 0 Å². The molecule has 1 amide bonds. The van der Waals surface area contributed by atoms with Crippen LogP contribution in [-0.2, 0) is 4.79 Å². The van der Waals surface area contributed by atoms with Gasteiger partial charge in [-0.1, -0.05) is 20.3 Å². The number of hydrogen-bond donors (Lipinski definition) is 2. The molecule has 0 radical (unpaired) electrons. The normalized spacial score (nSPS) is 30.9. The number of amides is 1. The first kappa shape index (κ1) is 15.5. The van der Waals surface area contributed by atoms with E-state index in [-0.39, 0.29) is 17.5 Å². The Morgan fingerprint density at radius 3 is 2.39 bits per heavy atom. The van der Waals surface area contributed by atoms with Crippen molar-refractivity contribution in [2.75, 3.05) is 0 Å². The van der Waals surface area contributed by atoms with Crippen molar-refractivity contribution >= 4 is 5.91 Å². The average Bonchev–Trinajstić information content (AvgIpc) is 2.21. The first-order valence-corrected chi connectivity index (χ1v) is 7.27. The predicted octanol–water partition coefficient (Wildman–Crippen LogP) is 2.70. The summed E-state index contributed by atoms with van der Waals surface area (Å²) in [4.78, 5) is 12.0. The molecular weight excluding hydrogens is 224 g/mol. The van der Waals surface area contributed by atoms with Gasteiger partial charge in [0.1, 0.15) is 0 Å². The van der Waals surface area contributed by atoms with E-state index in [4.69, 9.17) is 0 Å². The van der Waals surface area contributed by atoms with Crippen molar-refractivity contribution in [1.29, 1.82) is 0 Å². The number of hydrogen-bond acceptors (Lipinski definition) is 2. The van der Waals surface area contributed by atoms with Crippen LogP contribution >= 0.6 is 0 Å². The molecule has 0 aliphatic heterocycles. The number of carbonyl (C=O) groups is 1. The van der Waals surface area contributed by atoms with Crippen LogP contribution in [0, 0.1) is 11.8 Å². The van der Waals surface area contributed by atoms with Crippen molar-refractivity contribution < 1.29 is 4.79 Å². The van der Waals surface area contributed by atoms with Crippen molar-refractivity contribution in [1.82, 2.24) is 10.6 Å². The van der Waals surface area contributed by atoms with Gasteiger partial charge in [-0.05, 0) is 52.4 Å². The lowest BCUT2D eigenvalue weighted by Crippen LogP contribution is -2.53. The van der Waals surface area contributed by atoms with Crippen LogP contribution < -0.4 is 10.6 Å². The van der Waals surface area contributed by atoms with Crippen LogP contribution in [0.5, 0.6) is 0 Å². The molecule has 0 aromatic carbocycles. The number of rotatable bonds is 3. The van der Waals surface area contributed by atoms with Crippen molar-refractivity contribution in [3.05, 3.63) is 0 Å². The van der Waals surface area contributed by atoms with Gasteiger partial charge in [0.05, 0.1) is 6.04 Å². The molecule has 0 heterocycles. The summed E-state index contributed by atoms with van der Waals surface area (Å²) in [5.74, 6) is 1.55. The SMILES string of the molecule is CC1CCC(C)C(NC(C)C(=O)NC(C)(C)C)C1.